The van der Waals surface area contributed by atoms with Gasteiger partial charge >= 0.3 is 6.18 Å². The number of ether oxygens (including phenoxy) is 1. The molecule has 0 atom stereocenters. The van der Waals surface area contributed by atoms with Crippen molar-refractivity contribution in [3.8, 4) is 5.75 Å². The lowest BCUT2D eigenvalue weighted by atomic mass is 10.2. The van der Waals surface area contributed by atoms with Crippen molar-refractivity contribution in [2.45, 2.75) is 32.1 Å². The van der Waals surface area contributed by atoms with E-state index in [9.17, 15) is 22.8 Å². The summed E-state index contributed by atoms with van der Waals surface area (Å²) in [5, 5.41) is 9.30. The van der Waals surface area contributed by atoms with E-state index in [1.165, 1.54) is 30.2 Å². The third kappa shape index (κ3) is 6.39. The molecule has 0 aliphatic heterocycles. The van der Waals surface area contributed by atoms with Crippen LogP contribution in [0.25, 0.3) is 5.65 Å². The first-order valence-corrected chi connectivity index (χ1v) is 9.17. The molecule has 0 aromatic carbocycles. The van der Waals surface area contributed by atoms with Crippen molar-refractivity contribution >= 4 is 17.5 Å². The zero-order chi connectivity index (χ0) is 22.4. The first-order chi connectivity index (χ1) is 14.7. The van der Waals surface area contributed by atoms with Gasteiger partial charge < -0.3 is 15.4 Å². The van der Waals surface area contributed by atoms with Crippen molar-refractivity contribution in [1.82, 2.24) is 30.2 Å². The highest BCUT2D eigenvalue weighted by Gasteiger charge is 2.27. The molecular weight excluding hydrogens is 417 g/mol. The molecule has 31 heavy (non-hydrogen) atoms. The number of methoxy groups -OCH3 is 1. The van der Waals surface area contributed by atoms with E-state index in [-0.39, 0.29) is 19.0 Å². The van der Waals surface area contributed by atoms with Crippen molar-refractivity contribution < 1.29 is 27.5 Å². The van der Waals surface area contributed by atoms with Gasteiger partial charge in [0.1, 0.15) is 5.75 Å². The maximum Gasteiger partial charge on any atom is 0.389 e. The second-order valence-electron chi connectivity index (χ2n) is 6.59. The fourth-order valence-corrected chi connectivity index (χ4v) is 2.62. The van der Waals surface area contributed by atoms with Crippen LogP contribution in [-0.2, 0) is 17.9 Å². The van der Waals surface area contributed by atoms with Crippen LogP contribution < -0.4 is 15.4 Å². The van der Waals surface area contributed by atoms with Crippen LogP contribution in [0.4, 0.5) is 13.2 Å². The predicted molar refractivity (Wildman–Crippen MR) is 102 cm³/mol. The number of hydrogen-bond donors (Lipinski definition) is 2. The maximum atomic E-state index is 12.3. The summed E-state index contributed by atoms with van der Waals surface area (Å²) < 4.78 is 43.0. The highest BCUT2D eigenvalue weighted by Crippen LogP contribution is 2.21. The molecule has 0 aliphatic carbocycles. The van der Waals surface area contributed by atoms with E-state index >= 15 is 0 Å². The molecule has 0 saturated heterocycles. The summed E-state index contributed by atoms with van der Waals surface area (Å²) >= 11 is 0. The number of hydrogen-bond acceptors (Lipinski definition) is 6. The Morgan fingerprint density at radius 1 is 1.13 bits per heavy atom. The number of carbonyl (C=O) groups is 2. The Labute approximate surface area is 174 Å². The molecule has 12 heteroatoms. The summed E-state index contributed by atoms with van der Waals surface area (Å²) in [6.07, 6.45) is -0.164. The Balaban J connectivity index is 1.56. The second kappa shape index (κ2) is 9.41. The van der Waals surface area contributed by atoms with Crippen molar-refractivity contribution in [3.63, 3.8) is 0 Å². The zero-order valence-electron chi connectivity index (χ0n) is 16.4. The van der Waals surface area contributed by atoms with E-state index in [4.69, 9.17) is 4.74 Å². The lowest BCUT2D eigenvalue weighted by Gasteiger charge is -2.07. The third-order valence-corrected chi connectivity index (χ3v) is 4.19. The van der Waals surface area contributed by atoms with Gasteiger partial charge in [-0.2, -0.15) is 18.3 Å². The fraction of sp³-hybridized carbons (Fsp3) is 0.316. The molecule has 9 nitrogen and oxygen atoms in total. The monoisotopic (exact) mass is 436 g/mol. The van der Waals surface area contributed by atoms with Gasteiger partial charge in [-0.15, -0.1) is 0 Å². The average molecular weight is 436 g/mol. The number of halogens is 3. The molecule has 0 radical (unpaired) electrons. The number of nitrogens with zero attached hydrogens (tertiary/aromatic N) is 4. The molecule has 0 saturated carbocycles. The Morgan fingerprint density at radius 2 is 1.94 bits per heavy atom. The van der Waals surface area contributed by atoms with Crippen molar-refractivity contribution in [1.29, 1.82) is 0 Å². The minimum atomic E-state index is -4.37. The van der Waals surface area contributed by atoms with Crippen LogP contribution in [0.1, 0.15) is 34.5 Å². The number of nitrogens with one attached hydrogen (secondary N) is 2. The molecule has 0 unspecified atom stereocenters. The number of imidazole rings is 1. The molecule has 2 amide bonds. The molecular formula is C19H19F3N6O3. The van der Waals surface area contributed by atoms with Crippen molar-refractivity contribution in [2.75, 3.05) is 7.11 Å². The fourth-order valence-electron chi connectivity index (χ4n) is 2.62. The normalized spacial score (nSPS) is 11.4. The largest absolute Gasteiger partial charge is 0.495 e. The Kier molecular flexibility index (Phi) is 6.68. The third-order valence-electron chi connectivity index (χ3n) is 4.19. The second-order valence-corrected chi connectivity index (χ2v) is 6.59. The Morgan fingerprint density at radius 3 is 2.68 bits per heavy atom. The topological polar surface area (TPSA) is 111 Å². The standard InChI is InChI=1S/C19H19F3N6O3/c1-31-15-5-13(8-23-10-15)18(30)25-9-14-11-28-16(27-14)4-12(7-26-28)6-24-17(29)2-3-19(20,21)22/h4-5,7-8,10-11H,2-3,6,9H2,1H3,(H,24,29)(H,25,30). The number of rotatable bonds is 8. The SMILES string of the molecule is COc1cncc(C(=O)NCc2cn3ncc(CNC(=O)CCC(F)(F)F)cc3n2)c1. The molecule has 3 aromatic rings. The van der Waals surface area contributed by atoms with Crippen LogP contribution in [0.5, 0.6) is 5.75 Å². The van der Waals surface area contributed by atoms with Crippen LogP contribution in [0, 0.1) is 0 Å². The molecule has 3 rings (SSSR count). The van der Waals surface area contributed by atoms with Crippen LogP contribution >= 0.6 is 0 Å². The number of carbonyl (C=O) groups excluding carboxylic acids is 2. The number of aromatic nitrogens is 4. The van der Waals surface area contributed by atoms with Crippen molar-refractivity contribution in [2.24, 2.45) is 0 Å². The van der Waals surface area contributed by atoms with Crippen LogP contribution in [0.3, 0.4) is 0 Å². The summed E-state index contributed by atoms with van der Waals surface area (Å²) in [4.78, 5) is 32.1. The quantitative estimate of drug-likeness (QED) is 0.559. The zero-order valence-corrected chi connectivity index (χ0v) is 16.4. The van der Waals surface area contributed by atoms with Gasteiger partial charge in [0.05, 0.1) is 49.9 Å². The summed E-state index contributed by atoms with van der Waals surface area (Å²) in [5.41, 5.74) is 1.93. The number of alkyl halides is 3. The molecule has 0 fully saturated rings. The van der Waals surface area contributed by atoms with Crippen molar-refractivity contribution in [3.05, 3.63) is 53.7 Å². The van der Waals surface area contributed by atoms with Gasteiger partial charge in [0.15, 0.2) is 5.65 Å². The summed E-state index contributed by atoms with van der Waals surface area (Å²) in [6.45, 7) is 0.172. The molecule has 164 valence electrons. The van der Waals surface area contributed by atoms with Gasteiger partial charge in [-0.05, 0) is 17.7 Å². The summed E-state index contributed by atoms with van der Waals surface area (Å²) in [5.74, 6) is -0.586. The van der Waals surface area contributed by atoms with E-state index in [1.807, 2.05) is 0 Å². The Bertz CT molecular complexity index is 1080. The van der Waals surface area contributed by atoms with Crippen LogP contribution in [0.15, 0.2) is 36.9 Å². The molecule has 0 aliphatic rings. The maximum absolute atomic E-state index is 12.3. The van der Waals surface area contributed by atoms with Crippen LogP contribution in [-0.4, -0.2) is 44.7 Å². The first-order valence-electron chi connectivity index (χ1n) is 9.17. The number of fused-ring (bicyclic) bond motifs is 1. The minimum Gasteiger partial charge on any atom is -0.495 e. The molecule has 0 spiro atoms. The van der Waals surface area contributed by atoms with Gasteiger partial charge in [-0.25, -0.2) is 9.50 Å². The van der Waals surface area contributed by atoms with Gasteiger partial charge in [0.2, 0.25) is 5.91 Å². The lowest BCUT2D eigenvalue weighted by Crippen LogP contribution is -2.24. The van der Waals surface area contributed by atoms with Gasteiger partial charge in [-0.1, -0.05) is 0 Å². The molecule has 3 aromatic heterocycles. The molecule has 2 N–H and O–H groups in total. The smallest absolute Gasteiger partial charge is 0.389 e. The van der Waals surface area contributed by atoms with E-state index < -0.39 is 24.9 Å². The Hall–Kier alpha value is -3.70. The van der Waals surface area contributed by atoms with E-state index in [0.717, 1.165) is 0 Å². The van der Waals surface area contributed by atoms with Gasteiger partial charge in [-0.3, -0.25) is 14.6 Å². The van der Waals surface area contributed by atoms with E-state index in [2.05, 4.69) is 25.7 Å². The van der Waals surface area contributed by atoms with E-state index in [0.29, 0.717) is 28.2 Å². The lowest BCUT2D eigenvalue weighted by molar-refractivity contribution is -0.144. The predicted octanol–water partition coefficient (Wildman–Crippen LogP) is 2.02. The average Bonchev–Trinajstić information content (AvgIpc) is 3.16. The van der Waals surface area contributed by atoms with Crippen LogP contribution in [0.2, 0.25) is 0 Å². The molecule has 0 bridgehead atoms. The highest BCUT2D eigenvalue weighted by atomic mass is 19.4. The highest BCUT2D eigenvalue weighted by molar-refractivity contribution is 5.94. The molecule has 3 heterocycles. The van der Waals surface area contributed by atoms with Gasteiger partial charge in [0.25, 0.3) is 5.91 Å². The summed E-state index contributed by atoms with van der Waals surface area (Å²) in [6, 6.07) is 3.21. The number of pyridine rings is 1. The van der Waals surface area contributed by atoms with Gasteiger partial charge in [0, 0.05) is 19.2 Å². The summed E-state index contributed by atoms with van der Waals surface area (Å²) in [7, 11) is 1.48. The first kappa shape index (κ1) is 22.0. The number of amides is 2. The van der Waals surface area contributed by atoms with E-state index in [1.54, 1.807) is 18.3 Å². The minimum absolute atomic E-state index is 0.0297.